The van der Waals surface area contributed by atoms with Gasteiger partial charge in [-0.2, -0.15) is 4.72 Å². The number of sulfonamides is 1. The molecule has 0 fully saturated rings. The van der Waals surface area contributed by atoms with Crippen LogP contribution in [0.1, 0.15) is 17.3 Å². The Morgan fingerprint density at radius 1 is 1.41 bits per heavy atom. The van der Waals surface area contributed by atoms with Gasteiger partial charge in [0.1, 0.15) is 0 Å². The standard InChI is InChI=1S/C14H16N2O5S/c1-3-7-16-22(20,21)12-6-4-5-11(8-12)13(17)15-9-10(2)14(18)19/h1,4-6,8,10,16H,7,9H2,2H3,(H,15,17)(H,18,19). The number of aliphatic carboxylic acids is 1. The van der Waals surface area contributed by atoms with Crippen molar-refractivity contribution in [2.75, 3.05) is 13.1 Å². The lowest BCUT2D eigenvalue weighted by Crippen LogP contribution is -2.31. The van der Waals surface area contributed by atoms with Crippen LogP contribution in [0.25, 0.3) is 0 Å². The molecule has 0 bridgehead atoms. The minimum atomic E-state index is -3.79. The largest absolute Gasteiger partial charge is 0.481 e. The van der Waals surface area contributed by atoms with Crippen LogP contribution in [0, 0.1) is 18.3 Å². The summed E-state index contributed by atoms with van der Waals surface area (Å²) in [5.41, 5.74) is 0.112. The van der Waals surface area contributed by atoms with E-state index in [1.165, 1.54) is 31.2 Å². The molecule has 0 aromatic heterocycles. The average molecular weight is 324 g/mol. The molecule has 8 heteroatoms. The number of hydrogen-bond donors (Lipinski definition) is 3. The molecule has 7 nitrogen and oxygen atoms in total. The summed E-state index contributed by atoms with van der Waals surface area (Å²) in [6, 6.07) is 5.37. The minimum Gasteiger partial charge on any atom is -0.481 e. The summed E-state index contributed by atoms with van der Waals surface area (Å²) < 4.78 is 26.0. The lowest BCUT2D eigenvalue weighted by Gasteiger charge is -2.09. The summed E-state index contributed by atoms with van der Waals surface area (Å²) in [4.78, 5) is 22.5. The Hall–Kier alpha value is -2.37. The number of rotatable bonds is 7. The first-order valence-electron chi connectivity index (χ1n) is 6.32. The minimum absolute atomic E-state index is 0.0551. The maximum atomic E-state index is 11.9. The summed E-state index contributed by atoms with van der Waals surface area (Å²) >= 11 is 0. The molecule has 0 saturated heterocycles. The van der Waals surface area contributed by atoms with Crippen molar-refractivity contribution in [2.45, 2.75) is 11.8 Å². The summed E-state index contributed by atoms with van der Waals surface area (Å²) in [5.74, 6) is -0.179. The molecule has 1 atom stereocenters. The van der Waals surface area contributed by atoms with Gasteiger partial charge in [-0.1, -0.05) is 18.9 Å². The molecular weight excluding hydrogens is 308 g/mol. The molecule has 0 aliphatic heterocycles. The molecule has 0 radical (unpaired) electrons. The third-order valence-corrected chi connectivity index (χ3v) is 4.16. The number of carbonyl (C=O) groups is 2. The Kier molecular flexibility index (Phi) is 6.10. The zero-order valence-electron chi connectivity index (χ0n) is 11.9. The first-order chi connectivity index (χ1) is 10.3. The van der Waals surface area contributed by atoms with Gasteiger partial charge in [0.25, 0.3) is 5.91 Å². The second kappa shape index (κ2) is 7.59. The van der Waals surface area contributed by atoms with Crippen molar-refractivity contribution in [1.82, 2.24) is 10.0 Å². The Balaban J connectivity index is 2.86. The quantitative estimate of drug-likeness (QED) is 0.613. The van der Waals surface area contributed by atoms with E-state index in [4.69, 9.17) is 11.5 Å². The monoisotopic (exact) mass is 324 g/mol. The van der Waals surface area contributed by atoms with Crippen molar-refractivity contribution in [1.29, 1.82) is 0 Å². The molecule has 118 valence electrons. The van der Waals surface area contributed by atoms with Gasteiger partial charge in [0.05, 0.1) is 17.4 Å². The number of carboxylic acids is 1. The predicted octanol–water partition coefficient (Wildman–Crippen LogP) is 0.0486. The van der Waals surface area contributed by atoms with Crippen molar-refractivity contribution >= 4 is 21.9 Å². The summed E-state index contributed by atoms with van der Waals surface area (Å²) in [6.45, 7) is 1.24. The lowest BCUT2D eigenvalue weighted by molar-refractivity contribution is -0.140. The van der Waals surface area contributed by atoms with Gasteiger partial charge in [0, 0.05) is 12.1 Å². The fraction of sp³-hybridized carbons (Fsp3) is 0.286. The highest BCUT2D eigenvalue weighted by Gasteiger charge is 2.17. The predicted molar refractivity (Wildman–Crippen MR) is 79.6 cm³/mol. The average Bonchev–Trinajstić information content (AvgIpc) is 2.50. The van der Waals surface area contributed by atoms with Gasteiger partial charge in [-0.05, 0) is 18.2 Å². The second-order valence-electron chi connectivity index (χ2n) is 4.51. The number of amides is 1. The van der Waals surface area contributed by atoms with E-state index in [1.54, 1.807) is 0 Å². The molecule has 22 heavy (non-hydrogen) atoms. The van der Waals surface area contributed by atoms with Crippen LogP contribution < -0.4 is 10.0 Å². The number of benzene rings is 1. The molecule has 1 rings (SSSR count). The SMILES string of the molecule is C#CCNS(=O)(=O)c1cccc(C(=O)NCC(C)C(=O)O)c1. The molecule has 1 aromatic carbocycles. The van der Waals surface area contributed by atoms with E-state index < -0.39 is 27.8 Å². The van der Waals surface area contributed by atoms with Crippen LogP contribution in [0.4, 0.5) is 0 Å². The highest BCUT2D eigenvalue weighted by Crippen LogP contribution is 2.11. The first-order valence-corrected chi connectivity index (χ1v) is 7.80. The van der Waals surface area contributed by atoms with E-state index in [2.05, 4.69) is 16.0 Å². The summed E-state index contributed by atoms with van der Waals surface area (Å²) in [6.07, 6.45) is 5.00. The van der Waals surface area contributed by atoms with Crippen LogP contribution in [-0.4, -0.2) is 38.5 Å². The van der Waals surface area contributed by atoms with Gasteiger partial charge < -0.3 is 10.4 Å². The smallest absolute Gasteiger partial charge is 0.308 e. The molecule has 0 saturated carbocycles. The maximum absolute atomic E-state index is 11.9. The van der Waals surface area contributed by atoms with Gasteiger partial charge >= 0.3 is 5.97 Å². The molecule has 0 heterocycles. The number of terminal acetylenes is 1. The Morgan fingerprint density at radius 2 is 2.09 bits per heavy atom. The number of carbonyl (C=O) groups excluding carboxylic acids is 1. The van der Waals surface area contributed by atoms with Gasteiger partial charge in [-0.3, -0.25) is 9.59 Å². The van der Waals surface area contributed by atoms with E-state index in [9.17, 15) is 18.0 Å². The Morgan fingerprint density at radius 3 is 2.68 bits per heavy atom. The number of hydrogen-bond acceptors (Lipinski definition) is 4. The molecule has 0 aliphatic carbocycles. The van der Waals surface area contributed by atoms with Crippen LogP contribution in [-0.2, 0) is 14.8 Å². The van der Waals surface area contributed by atoms with E-state index in [0.29, 0.717) is 0 Å². The highest BCUT2D eigenvalue weighted by molar-refractivity contribution is 7.89. The van der Waals surface area contributed by atoms with Crippen molar-refractivity contribution in [3.63, 3.8) is 0 Å². The molecule has 1 unspecified atom stereocenters. The number of carboxylic acid groups (broad SMARTS) is 1. The molecule has 1 amide bonds. The zero-order chi connectivity index (χ0) is 16.8. The maximum Gasteiger partial charge on any atom is 0.308 e. The third-order valence-electron chi connectivity index (χ3n) is 2.76. The topological polar surface area (TPSA) is 113 Å². The summed E-state index contributed by atoms with van der Waals surface area (Å²) in [7, 11) is -3.79. The van der Waals surface area contributed by atoms with Crippen LogP contribution in [0.2, 0.25) is 0 Å². The normalized spacial score (nSPS) is 12.2. The van der Waals surface area contributed by atoms with Gasteiger partial charge in [0.2, 0.25) is 10.0 Å². The van der Waals surface area contributed by atoms with Gasteiger partial charge in [-0.25, -0.2) is 8.42 Å². The van der Waals surface area contributed by atoms with Crippen molar-refractivity contribution in [3.8, 4) is 12.3 Å². The first kappa shape index (κ1) is 17.7. The fourth-order valence-corrected chi connectivity index (χ4v) is 2.44. The van der Waals surface area contributed by atoms with Gasteiger partial charge in [-0.15, -0.1) is 6.42 Å². The van der Waals surface area contributed by atoms with E-state index in [1.807, 2.05) is 0 Å². The van der Waals surface area contributed by atoms with Crippen molar-refractivity contribution in [3.05, 3.63) is 29.8 Å². The molecule has 3 N–H and O–H groups in total. The second-order valence-corrected chi connectivity index (χ2v) is 6.27. The Labute approximate surface area is 128 Å². The summed E-state index contributed by atoms with van der Waals surface area (Å²) in [5, 5.41) is 11.2. The van der Waals surface area contributed by atoms with Crippen molar-refractivity contribution < 1.29 is 23.1 Å². The van der Waals surface area contributed by atoms with Crippen LogP contribution >= 0.6 is 0 Å². The van der Waals surface area contributed by atoms with E-state index >= 15 is 0 Å². The van der Waals surface area contributed by atoms with Crippen molar-refractivity contribution in [2.24, 2.45) is 5.92 Å². The van der Waals surface area contributed by atoms with Crippen LogP contribution in [0.3, 0.4) is 0 Å². The number of nitrogens with one attached hydrogen (secondary N) is 2. The third kappa shape index (κ3) is 4.87. The zero-order valence-corrected chi connectivity index (χ0v) is 12.7. The molecule has 1 aromatic rings. The van der Waals surface area contributed by atoms with Crippen LogP contribution in [0.5, 0.6) is 0 Å². The molecule has 0 spiro atoms. The fourth-order valence-electron chi connectivity index (χ4n) is 1.46. The van der Waals surface area contributed by atoms with E-state index in [0.717, 1.165) is 0 Å². The van der Waals surface area contributed by atoms with Gasteiger partial charge in [0.15, 0.2) is 0 Å². The lowest BCUT2D eigenvalue weighted by atomic mass is 10.1. The van der Waals surface area contributed by atoms with Crippen LogP contribution in [0.15, 0.2) is 29.2 Å². The Bertz CT molecular complexity index is 706. The molecule has 0 aliphatic rings. The molecular formula is C14H16N2O5S. The highest BCUT2D eigenvalue weighted by atomic mass is 32.2. The van der Waals surface area contributed by atoms with E-state index in [-0.39, 0.29) is 23.5 Å².